The first-order chi connectivity index (χ1) is 70.4. The smallest absolute Gasteiger partial charge is 0.164 e. The highest BCUT2D eigenvalue weighted by Crippen LogP contribution is 2.48. The zero-order valence-electron chi connectivity index (χ0n) is 76.1. The highest BCUT2D eigenvalue weighted by molar-refractivity contribution is 7.26. The molecule has 0 amide bonds. The number of para-hydroxylation sites is 1. The molecule has 0 radical (unpaired) electrons. The Morgan fingerprint density at radius 1 is 0.127 bits per heavy atom. The lowest BCUT2D eigenvalue weighted by molar-refractivity contribution is 0.668. The van der Waals surface area contributed by atoms with Gasteiger partial charge in [0.25, 0.3) is 0 Å². The molecule has 0 N–H and O–H groups in total. The fraction of sp³-hybridized carbons (Fsp3) is 0. The van der Waals surface area contributed by atoms with Gasteiger partial charge in [0.1, 0.15) is 33.5 Å². The van der Waals surface area contributed by atoms with E-state index in [4.69, 9.17) is 58.1 Å². The van der Waals surface area contributed by atoms with E-state index in [2.05, 4.69) is 364 Å². The van der Waals surface area contributed by atoms with Crippen molar-refractivity contribution in [2.24, 2.45) is 0 Å². The summed E-state index contributed by atoms with van der Waals surface area (Å²) < 4.78 is 21.6. The molecular weight excluding hydrogens is 1760 g/mol. The number of aromatic nitrogens is 9. The quantitative estimate of drug-likeness (QED) is 0.114. The third-order valence-electron chi connectivity index (χ3n) is 27.2. The van der Waals surface area contributed by atoms with Crippen molar-refractivity contribution in [3.8, 4) is 136 Å². The van der Waals surface area contributed by atoms with Crippen molar-refractivity contribution in [1.29, 1.82) is 0 Å². The molecule has 29 aromatic rings. The Hall–Kier alpha value is -19.0. The second-order valence-electron chi connectivity index (χ2n) is 35.6. The Labute approximate surface area is 817 Å². The Balaban J connectivity index is 0.000000107. The van der Waals surface area contributed by atoms with Gasteiger partial charge < -0.3 is 13.3 Å². The molecule has 7 heterocycles. The summed E-state index contributed by atoms with van der Waals surface area (Å²) in [5.41, 5.74) is 20.5. The Morgan fingerprint density at radius 2 is 0.373 bits per heavy atom. The topological polar surface area (TPSA) is 155 Å². The number of fused-ring (bicyclic) bond motifs is 21. The van der Waals surface area contributed by atoms with E-state index in [-0.39, 0.29) is 0 Å². The van der Waals surface area contributed by atoms with E-state index in [0.29, 0.717) is 52.4 Å². The summed E-state index contributed by atoms with van der Waals surface area (Å²) in [4.78, 5) is 45.4. The fourth-order valence-electron chi connectivity index (χ4n) is 20.5. The molecule has 29 rings (SSSR count). The van der Waals surface area contributed by atoms with Gasteiger partial charge in [-0.05, 0) is 147 Å². The maximum absolute atomic E-state index is 6.37. The second kappa shape index (κ2) is 34.7. The van der Waals surface area contributed by atoms with Crippen molar-refractivity contribution in [2.45, 2.75) is 0 Å². The highest BCUT2D eigenvalue weighted by atomic mass is 32.1. The van der Waals surface area contributed by atoms with Crippen molar-refractivity contribution < 1.29 is 13.3 Å². The first kappa shape index (κ1) is 82.5. The zero-order chi connectivity index (χ0) is 93.7. The number of hydrogen-bond donors (Lipinski definition) is 0. The van der Waals surface area contributed by atoms with Crippen LogP contribution in [0.1, 0.15) is 0 Å². The van der Waals surface area contributed by atoms with Crippen molar-refractivity contribution in [1.82, 2.24) is 44.9 Å². The van der Waals surface area contributed by atoms with Crippen molar-refractivity contribution in [3.05, 3.63) is 467 Å². The van der Waals surface area contributed by atoms with E-state index in [1.807, 2.05) is 114 Å². The molecule has 0 aliphatic rings. The van der Waals surface area contributed by atoms with Gasteiger partial charge in [-0.15, -0.1) is 11.3 Å². The molecule has 142 heavy (non-hydrogen) atoms. The summed E-state index contributed by atoms with van der Waals surface area (Å²) in [6.07, 6.45) is 0. The van der Waals surface area contributed by atoms with Gasteiger partial charge in [-0.1, -0.05) is 419 Å². The van der Waals surface area contributed by atoms with Crippen LogP contribution in [0.3, 0.4) is 0 Å². The van der Waals surface area contributed by atoms with Crippen LogP contribution < -0.4 is 0 Å². The SMILES string of the molecule is c1ccc(-c2nc(-c3ccc(-c4cccc5oc6ccc7ccccc7c6c45)cc3)nc(-c3cccc4ccccc34)n2)cc1.c1ccc(-c2nc(-c3ccc(-c4cccc5sc6ccc7ccccc7c6c45)cc3)nc(-c3cccc4ccccc34)n2)cc1.c1ccc2c(-c3nc(-c4ccc(-c5cccc6oc7ccc8ccccc8c7c56)cc4)nc(-c4cccc5oc6ccccc6c45)n3)cccc2c1. The Bertz CT molecular complexity index is 9710. The van der Waals surface area contributed by atoms with Crippen LogP contribution >= 0.6 is 11.3 Å². The summed E-state index contributed by atoms with van der Waals surface area (Å²) in [5.74, 6) is 5.73. The molecule has 0 saturated heterocycles. The molecule has 0 atom stereocenters. The molecule has 22 aromatic carbocycles. The maximum atomic E-state index is 6.37. The number of nitrogens with zero attached hydrogens (tertiary/aromatic N) is 9. The number of benzene rings is 22. The van der Waals surface area contributed by atoms with Gasteiger partial charge in [0.15, 0.2) is 52.4 Å². The summed E-state index contributed by atoms with van der Waals surface area (Å²) in [6, 6.07) is 162. The molecule has 7 aromatic heterocycles. The van der Waals surface area contributed by atoms with Crippen molar-refractivity contribution >= 4 is 162 Å². The maximum Gasteiger partial charge on any atom is 0.164 e. The van der Waals surface area contributed by atoms with Crippen LogP contribution in [0.4, 0.5) is 0 Å². The first-order valence-corrected chi connectivity index (χ1v) is 48.2. The second-order valence-corrected chi connectivity index (χ2v) is 36.6. The number of thiophene rings is 1. The minimum atomic E-state index is 0.593. The molecule has 0 bridgehead atoms. The van der Waals surface area contributed by atoms with E-state index in [0.717, 1.165) is 170 Å². The van der Waals surface area contributed by atoms with E-state index in [1.54, 1.807) is 0 Å². The number of furan rings is 3. The molecule has 0 spiro atoms. The standard InChI is InChI=1S/C47H27N3O2.C41H25N3O.C41H25N3S/c1-3-13-32-28(10-1)12-7-17-35(32)46-48-45(49-47(50-46)37-18-9-20-39-42(37)36-15-5-6-19-38(36)51-39)31-24-22-30(23-25-31)34-16-8-21-40-43(34)44-33-14-4-2-11-29(33)26-27-41(44)52-40;2*1-2-12-29(13-3-1)39-42-40(44-41(43-39)34-18-8-14-26-10-4-6-15-31(26)34)30-22-20-28(21-23-30)33-17-9-19-35-37(33)38-32-16-7-5-11-27(32)24-25-36(38)45-35/h1-27H;2*1-25H. The molecular formula is C129H77N9O3S. The van der Waals surface area contributed by atoms with Crippen molar-refractivity contribution in [2.75, 3.05) is 0 Å². The molecule has 662 valence electrons. The molecule has 0 aliphatic heterocycles. The lowest BCUT2D eigenvalue weighted by atomic mass is 9.96. The van der Waals surface area contributed by atoms with E-state index >= 15 is 0 Å². The number of rotatable bonds is 12. The third-order valence-corrected chi connectivity index (χ3v) is 28.3. The predicted octanol–water partition coefficient (Wildman–Crippen LogP) is 34.6. The molecule has 0 unspecified atom stereocenters. The fourth-order valence-corrected chi connectivity index (χ4v) is 21.7. The summed E-state index contributed by atoms with van der Waals surface area (Å²) >= 11 is 1.86. The van der Waals surface area contributed by atoms with Gasteiger partial charge in [-0.25, -0.2) is 44.9 Å². The van der Waals surface area contributed by atoms with Crippen LogP contribution in [-0.4, -0.2) is 44.9 Å². The summed E-state index contributed by atoms with van der Waals surface area (Å²) in [7, 11) is 0. The average Bonchev–Trinajstić information content (AvgIpc) is 1.59. The minimum absolute atomic E-state index is 0.593. The van der Waals surface area contributed by atoms with E-state index in [1.165, 1.54) is 63.6 Å². The largest absolute Gasteiger partial charge is 0.456 e. The van der Waals surface area contributed by atoms with Crippen LogP contribution in [0.15, 0.2) is 480 Å². The van der Waals surface area contributed by atoms with Gasteiger partial charge in [-0.3, -0.25) is 0 Å². The molecule has 0 fully saturated rings. The van der Waals surface area contributed by atoms with Crippen LogP contribution in [0.2, 0.25) is 0 Å². The summed E-state index contributed by atoms with van der Waals surface area (Å²) in [6.45, 7) is 0. The summed E-state index contributed by atoms with van der Waals surface area (Å²) in [5, 5.41) is 23.3. The van der Waals surface area contributed by atoms with Crippen LogP contribution in [0, 0.1) is 0 Å². The first-order valence-electron chi connectivity index (χ1n) is 47.4. The lowest BCUT2D eigenvalue weighted by Crippen LogP contribution is -2.01. The predicted molar refractivity (Wildman–Crippen MR) is 584 cm³/mol. The molecule has 0 aliphatic carbocycles. The number of hydrogen-bond acceptors (Lipinski definition) is 13. The van der Waals surface area contributed by atoms with Crippen LogP contribution in [0.5, 0.6) is 0 Å². The van der Waals surface area contributed by atoms with E-state index < -0.39 is 0 Å². The van der Waals surface area contributed by atoms with Gasteiger partial charge in [0.05, 0.1) is 0 Å². The Morgan fingerprint density at radius 3 is 0.789 bits per heavy atom. The normalized spacial score (nSPS) is 11.7. The average molecular weight is 1830 g/mol. The van der Waals surface area contributed by atoms with Gasteiger partial charge in [-0.2, -0.15) is 0 Å². The minimum Gasteiger partial charge on any atom is -0.456 e. The molecule has 0 saturated carbocycles. The van der Waals surface area contributed by atoms with Crippen LogP contribution in [-0.2, 0) is 0 Å². The van der Waals surface area contributed by atoms with Gasteiger partial charge in [0.2, 0.25) is 0 Å². The van der Waals surface area contributed by atoms with Crippen LogP contribution in [0.25, 0.3) is 286 Å². The lowest BCUT2D eigenvalue weighted by Gasteiger charge is -2.11. The highest BCUT2D eigenvalue weighted by Gasteiger charge is 2.25. The monoisotopic (exact) mass is 1830 g/mol. The molecule has 13 heteroatoms. The zero-order valence-corrected chi connectivity index (χ0v) is 76.9. The van der Waals surface area contributed by atoms with E-state index in [9.17, 15) is 0 Å². The molecule has 12 nitrogen and oxygen atoms in total. The van der Waals surface area contributed by atoms with Crippen molar-refractivity contribution in [3.63, 3.8) is 0 Å². The van der Waals surface area contributed by atoms with Gasteiger partial charge >= 0.3 is 0 Å². The Kier molecular flexibility index (Phi) is 20.2. The van der Waals surface area contributed by atoms with Gasteiger partial charge in [0, 0.05) is 103 Å². The third kappa shape index (κ3) is 14.7.